The lowest BCUT2D eigenvalue weighted by Gasteiger charge is -2.10. The number of anilines is 1. The van der Waals surface area contributed by atoms with Crippen LogP contribution in [0, 0.1) is 11.3 Å². The Morgan fingerprint density at radius 1 is 1.14 bits per heavy atom. The molecule has 1 aromatic carbocycles. The zero-order valence-electron chi connectivity index (χ0n) is 11.1. The molecular weight excluding hydrogens is 281 g/mol. The summed E-state index contributed by atoms with van der Waals surface area (Å²) in [4.78, 5) is 0. The van der Waals surface area contributed by atoms with Crippen molar-refractivity contribution in [1.82, 2.24) is 10.2 Å². The van der Waals surface area contributed by atoms with Gasteiger partial charge in [0.25, 0.3) is 0 Å². The van der Waals surface area contributed by atoms with Crippen molar-refractivity contribution in [3.05, 3.63) is 30.0 Å². The van der Waals surface area contributed by atoms with E-state index < -0.39 is 12.6 Å². The summed E-state index contributed by atoms with van der Waals surface area (Å²) in [5.74, 6) is 0. The minimum atomic E-state index is -4.12. The van der Waals surface area contributed by atoms with E-state index in [1.54, 1.807) is 24.3 Å². The molecule has 7 heteroatoms. The van der Waals surface area contributed by atoms with Crippen LogP contribution >= 0.6 is 0 Å². The van der Waals surface area contributed by atoms with Gasteiger partial charge in [0, 0.05) is 18.4 Å². The van der Waals surface area contributed by atoms with Gasteiger partial charge in [0.15, 0.2) is 5.69 Å². The molecule has 0 fully saturated rings. The Kier molecular flexibility index (Phi) is 4.58. The van der Waals surface area contributed by atoms with Crippen LogP contribution in [-0.2, 0) is 0 Å². The summed E-state index contributed by atoms with van der Waals surface area (Å²) < 4.78 is 36.2. The van der Waals surface area contributed by atoms with Crippen LogP contribution in [-0.4, -0.2) is 22.9 Å². The van der Waals surface area contributed by atoms with Crippen molar-refractivity contribution < 1.29 is 13.2 Å². The first-order valence-electron chi connectivity index (χ1n) is 6.47. The number of nitrogens with one attached hydrogen (secondary N) is 1. The maximum absolute atomic E-state index is 12.1. The Balaban J connectivity index is 2.06. The topological polar surface area (TPSA) is 61.6 Å². The number of benzene rings is 1. The molecule has 0 saturated carbocycles. The van der Waals surface area contributed by atoms with Crippen LogP contribution in [0.25, 0.3) is 10.9 Å². The normalized spacial score (nSPS) is 11.3. The minimum Gasteiger partial charge on any atom is -0.382 e. The number of halogens is 3. The summed E-state index contributed by atoms with van der Waals surface area (Å²) in [6, 6.07) is 9.10. The lowest BCUT2D eigenvalue weighted by Crippen LogP contribution is -2.10. The summed E-state index contributed by atoms with van der Waals surface area (Å²) >= 11 is 0. The summed E-state index contributed by atoms with van der Waals surface area (Å²) in [6.07, 6.45) is -4.51. The van der Waals surface area contributed by atoms with E-state index in [1.807, 2.05) is 6.07 Å². The van der Waals surface area contributed by atoms with E-state index in [-0.39, 0.29) is 12.1 Å². The molecule has 4 nitrogen and oxygen atoms in total. The monoisotopic (exact) mass is 294 g/mol. The first-order valence-corrected chi connectivity index (χ1v) is 6.47. The largest absolute Gasteiger partial charge is 0.389 e. The molecule has 0 aliphatic carbocycles. The molecule has 1 heterocycles. The molecule has 0 aliphatic heterocycles. The number of alkyl halides is 3. The molecule has 1 N–H and O–H groups in total. The number of rotatable bonds is 5. The van der Waals surface area contributed by atoms with Gasteiger partial charge in [-0.3, -0.25) is 0 Å². The second-order valence-corrected chi connectivity index (χ2v) is 4.55. The van der Waals surface area contributed by atoms with Crippen LogP contribution in [0.5, 0.6) is 0 Å². The lowest BCUT2D eigenvalue weighted by molar-refractivity contribution is -0.135. The van der Waals surface area contributed by atoms with Crippen molar-refractivity contribution in [3.8, 4) is 6.07 Å². The highest BCUT2D eigenvalue weighted by Gasteiger charge is 2.25. The van der Waals surface area contributed by atoms with E-state index in [1.165, 1.54) is 0 Å². The third kappa shape index (κ3) is 4.05. The van der Waals surface area contributed by atoms with Gasteiger partial charge in [0.1, 0.15) is 6.07 Å². The zero-order valence-corrected chi connectivity index (χ0v) is 11.1. The van der Waals surface area contributed by atoms with E-state index in [0.717, 1.165) is 5.39 Å². The summed E-state index contributed by atoms with van der Waals surface area (Å²) in [6.45, 7) is 0.348. The van der Waals surface area contributed by atoms with Gasteiger partial charge in [-0.2, -0.15) is 18.4 Å². The van der Waals surface area contributed by atoms with Gasteiger partial charge in [-0.05, 0) is 18.9 Å². The van der Waals surface area contributed by atoms with Crippen LogP contribution in [0.3, 0.4) is 0 Å². The maximum atomic E-state index is 12.1. The van der Waals surface area contributed by atoms with E-state index in [4.69, 9.17) is 5.26 Å². The molecule has 0 amide bonds. The Morgan fingerprint density at radius 3 is 2.62 bits per heavy atom. The number of hydrogen-bond donors (Lipinski definition) is 1. The standard InChI is InChI=1S/C14H13F3N4/c15-14(16,17)7-3-4-8-19-13-10-5-1-2-6-11(10)20-21-12(13)9-18/h1-2,5-6H,3-4,7-8H2,(H,19,20). The van der Waals surface area contributed by atoms with E-state index in [9.17, 15) is 13.2 Å². The van der Waals surface area contributed by atoms with Crippen molar-refractivity contribution >= 4 is 16.6 Å². The first-order chi connectivity index (χ1) is 10.0. The molecular formula is C14H13F3N4. The van der Waals surface area contributed by atoms with Crippen molar-refractivity contribution in [1.29, 1.82) is 5.26 Å². The molecule has 0 aliphatic rings. The van der Waals surface area contributed by atoms with Crippen molar-refractivity contribution in [2.24, 2.45) is 0 Å². The molecule has 0 spiro atoms. The maximum Gasteiger partial charge on any atom is 0.389 e. The average Bonchev–Trinajstić information content (AvgIpc) is 2.45. The van der Waals surface area contributed by atoms with Gasteiger partial charge in [-0.25, -0.2) is 0 Å². The molecule has 0 atom stereocenters. The Labute approximate surface area is 119 Å². The number of hydrogen-bond acceptors (Lipinski definition) is 4. The van der Waals surface area contributed by atoms with Crippen LogP contribution in [0.1, 0.15) is 25.0 Å². The third-order valence-electron chi connectivity index (χ3n) is 2.96. The second kappa shape index (κ2) is 6.39. The number of nitrogens with zero attached hydrogens (tertiary/aromatic N) is 3. The van der Waals surface area contributed by atoms with E-state index in [2.05, 4.69) is 15.5 Å². The predicted octanol–water partition coefficient (Wildman–Crippen LogP) is 3.65. The molecule has 2 rings (SSSR count). The van der Waals surface area contributed by atoms with E-state index >= 15 is 0 Å². The van der Waals surface area contributed by atoms with Crippen LogP contribution < -0.4 is 5.32 Å². The fraction of sp³-hybridized carbons (Fsp3) is 0.357. The van der Waals surface area contributed by atoms with Crippen LogP contribution in [0.4, 0.5) is 18.9 Å². The van der Waals surface area contributed by atoms with Gasteiger partial charge in [0.2, 0.25) is 0 Å². The Bertz CT molecular complexity index is 661. The Hall–Kier alpha value is -2.36. The van der Waals surface area contributed by atoms with Gasteiger partial charge < -0.3 is 5.32 Å². The molecule has 0 bridgehead atoms. The summed E-state index contributed by atoms with van der Waals surface area (Å²) in [5, 5.41) is 20.5. The minimum absolute atomic E-state index is 0.0504. The number of fused-ring (bicyclic) bond motifs is 1. The smallest absolute Gasteiger partial charge is 0.382 e. The SMILES string of the molecule is N#Cc1nnc2ccccc2c1NCCCCC(F)(F)F. The molecule has 21 heavy (non-hydrogen) atoms. The van der Waals surface area contributed by atoms with Crippen LogP contribution in [0.2, 0.25) is 0 Å². The molecule has 110 valence electrons. The predicted molar refractivity (Wildman–Crippen MR) is 72.6 cm³/mol. The van der Waals surface area contributed by atoms with E-state index in [0.29, 0.717) is 24.2 Å². The quantitative estimate of drug-likeness (QED) is 0.855. The first kappa shape index (κ1) is 15.0. The van der Waals surface area contributed by atoms with Gasteiger partial charge in [0.05, 0.1) is 11.2 Å². The Morgan fingerprint density at radius 2 is 1.90 bits per heavy atom. The zero-order chi connectivity index (χ0) is 15.3. The van der Waals surface area contributed by atoms with Gasteiger partial charge in [-0.1, -0.05) is 18.2 Å². The van der Waals surface area contributed by atoms with Gasteiger partial charge in [-0.15, -0.1) is 10.2 Å². The fourth-order valence-electron chi connectivity index (χ4n) is 1.97. The number of aromatic nitrogens is 2. The highest BCUT2D eigenvalue weighted by atomic mass is 19.4. The van der Waals surface area contributed by atoms with Crippen LogP contribution in [0.15, 0.2) is 24.3 Å². The highest BCUT2D eigenvalue weighted by molar-refractivity contribution is 5.92. The van der Waals surface area contributed by atoms with Crippen molar-refractivity contribution in [2.75, 3.05) is 11.9 Å². The number of nitriles is 1. The molecule has 2 aromatic rings. The second-order valence-electron chi connectivity index (χ2n) is 4.55. The van der Waals surface area contributed by atoms with Crippen molar-refractivity contribution in [3.63, 3.8) is 0 Å². The lowest BCUT2D eigenvalue weighted by atomic mass is 10.1. The number of unbranched alkanes of at least 4 members (excludes halogenated alkanes) is 1. The molecule has 0 saturated heterocycles. The van der Waals surface area contributed by atoms with Gasteiger partial charge >= 0.3 is 6.18 Å². The third-order valence-corrected chi connectivity index (χ3v) is 2.96. The molecule has 1 aromatic heterocycles. The fourth-order valence-corrected chi connectivity index (χ4v) is 1.97. The summed E-state index contributed by atoms with van der Waals surface area (Å²) in [7, 11) is 0. The van der Waals surface area contributed by atoms with Crippen molar-refractivity contribution in [2.45, 2.75) is 25.4 Å². The highest BCUT2D eigenvalue weighted by Crippen LogP contribution is 2.25. The average molecular weight is 294 g/mol. The molecule has 0 radical (unpaired) electrons. The summed E-state index contributed by atoms with van der Waals surface area (Å²) in [5.41, 5.74) is 1.30. The molecule has 0 unspecified atom stereocenters.